The van der Waals surface area contributed by atoms with Gasteiger partial charge in [0.05, 0.1) is 0 Å². The molecule has 0 saturated carbocycles. The number of aromatic carboxylic acids is 1. The highest BCUT2D eigenvalue weighted by atomic mass is 16.5. The molecule has 0 aliphatic carbocycles. The predicted octanol–water partition coefficient (Wildman–Crippen LogP) is 2.64. The van der Waals surface area contributed by atoms with Gasteiger partial charge in [0, 0.05) is 17.7 Å². The number of ether oxygens (including phenoxy) is 1. The second-order valence-electron chi connectivity index (χ2n) is 5.31. The third-order valence-corrected chi connectivity index (χ3v) is 3.68. The van der Waals surface area contributed by atoms with Gasteiger partial charge in [-0.3, -0.25) is 4.79 Å². The van der Waals surface area contributed by atoms with Crippen LogP contribution in [0.1, 0.15) is 30.3 Å². The first kappa shape index (κ1) is 13.6. The van der Waals surface area contributed by atoms with Crippen LogP contribution in [-0.4, -0.2) is 29.2 Å². The molecule has 2 heterocycles. The van der Waals surface area contributed by atoms with E-state index in [0.717, 1.165) is 6.42 Å². The van der Waals surface area contributed by atoms with Gasteiger partial charge >= 0.3 is 5.97 Å². The molecule has 21 heavy (non-hydrogen) atoms. The Kier molecular flexibility index (Phi) is 3.17. The molecule has 0 spiro atoms. The molecule has 1 aliphatic rings. The van der Waals surface area contributed by atoms with Crippen molar-refractivity contribution < 1.29 is 23.8 Å². The Morgan fingerprint density at radius 3 is 2.81 bits per heavy atom. The number of carbonyl (C=O) groups is 2. The van der Waals surface area contributed by atoms with Crippen LogP contribution >= 0.6 is 0 Å². The Morgan fingerprint density at radius 1 is 1.33 bits per heavy atom. The van der Waals surface area contributed by atoms with E-state index in [2.05, 4.69) is 5.32 Å². The lowest BCUT2D eigenvalue weighted by Gasteiger charge is -2.21. The van der Waals surface area contributed by atoms with Crippen LogP contribution < -0.4 is 5.32 Å². The highest BCUT2D eigenvalue weighted by molar-refractivity contribution is 5.99. The summed E-state index contributed by atoms with van der Waals surface area (Å²) < 4.78 is 10.7. The van der Waals surface area contributed by atoms with Crippen LogP contribution in [0.2, 0.25) is 0 Å². The number of hydrogen-bond donors (Lipinski definition) is 2. The summed E-state index contributed by atoms with van der Waals surface area (Å²) in [4.78, 5) is 23.1. The standard InChI is InChI=1S/C15H15NO5/c1-15(5-2-6-20-15)14(19)16-10-3-4-11-9(7-10)8-12(21-11)13(17)18/h3-4,7-8H,2,5-6H2,1H3,(H,16,19)(H,17,18). The molecule has 1 aliphatic heterocycles. The van der Waals surface area contributed by atoms with Crippen molar-refractivity contribution in [3.63, 3.8) is 0 Å². The van der Waals surface area contributed by atoms with E-state index < -0.39 is 11.6 Å². The molecule has 2 N–H and O–H groups in total. The predicted molar refractivity (Wildman–Crippen MR) is 75.4 cm³/mol. The van der Waals surface area contributed by atoms with Crippen LogP contribution in [0, 0.1) is 0 Å². The average molecular weight is 289 g/mol. The van der Waals surface area contributed by atoms with E-state index in [1.165, 1.54) is 6.07 Å². The second kappa shape index (κ2) is 4.89. The molecular weight excluding hydrogens is 274 g/mol. The van der Waals surface area contributed by atoms with Crippen molar-refractivity contribution >= 4 is 28.5 Å². The number of carbonyl (C=O) groups excluding carboxylic acids is 1. The Morgan fingerprint density at radius 2 is 2.14 bits per heavy atom. The van der Waals surface area contributed by atoms with Gasteiger partial charge in [0.1, 0.15) is 11.2 Å². The first-order chi connectivity index (χ1) is 9.98. The van der Waals surface area contributed by atoms with Crippen LogP contribution in [0.5, 0.6) is 0 Å². The summed E-state index contributed by atoms with van der Waals surface area (Å²) in [5.74, 6) is -1.44. The van der Waals surface area contributed by atoms with Crippen molar-refractivity contribution in [1.29, 1.82) is 0 Å². The molecule has 1 fully saturated rings. The fourth-order valence-electron chi connectivity index (χ4n) is 2.45. The molecule has 1 aromatic carbocycles. The maximum Gasteiger partial charge on any atom is 0.371 e. The Bertz CT molecular complexity index is 712. The van der Waals surface area contributed by atoms with Gasteiger partial charge < -0.3 is 19.6 Å². The number of furan rings is 1. The van der Waals surface area contributed by atoms with Crippen LogP contribution in [0.25, 0.3) is 11.0 Å². The SMILES string of the molecule is CC1(C(=O)Nc2ccc3oc(C(=O)O)cc3c2)CCCO1. The first-order valence-corrected chi connectivity index (χ1v) is 6.70. The number of carboxylic acid groups (broad SMARTS) is 1. The molecule has 6 heteroatoms. The average Bonchev–Trinajstić information content (AvgIpc) is 3.05. The van der Waals surface area contributed by atoms with Gasteiger partial charge in [-0.05, 0) is 44.0 Å². The van der Waals surface area contributed by atoms with Crippen LogP contribution in [0.3, 0.4) is 0 Å². The fourth-order valence-corrected chi connectivity index (χ4v) is 2.45. The van der Waals surface area contributed by atoms with Gasteiger partial charge in [0.15, 0.2) is 0 Å². The lowest BCUT2D eigenvalue weighted by atomic mass is 10.0. The monoisotopic (exact) mass is 289 g/mol. The zero-order valence-electron chi connectivity index (χ0n) is 11.5. The zero-order valence-corrected chi connectivity index (χ0v) is 11.5. The summed E-state index contributed by atoms with van der Waals surface area (Å²) in [6, 6.07) is 6.42. The zero-order chi connectivity index (χ0) is 15.0. The summed E-state index contributed by atoms with van der Waals surface area (Å²) in [5.41, 5.74) is 0.257. The Balaban J connectivity index is 1.84. The number of fused-ring (bicyclic) bond motifs is 1. The summed E-state index contributed by atoms with van der Waals surface area (Å²) >= 11 is 0. The summed E-state index contributed by atoms with van der Waals surface area (Å²) in [6.07, 6.45) is 1.56. The van der Waals surface area contributed by atoms with Crippen LogP contribution in [0.15, 0.2) is 28.7 Å². The molecule has 1 aromatic heterocycles. The minimum Gasteiger partial charge on any atom is -0.475 e. The van der Waals surface area contributed by atoms with E-state index in [-0.39, 0.29) is 11.7 Å². The summed E-state index contributed by atoms with van der Waals surface area (Å²) in [5, 5.41) is 12.3. The number of nitrogens with one attached hydrogen (secondary N) is 1. The van der Waals surface area contributed by atoms with Gasteiger partial charge in [0.25, 0.3) is 5.91 Å². The van der Waals surface area contributed by atoms with Crippen molar-refractivity contribution in [2.75, 3.05) is 11.9 Å². The number of anilines is 1. The van der Waals surface area contributed by atoms with E-state index >= 15 is 0 Å². The van der Waals surface area contributed by atoms with E-state index in [4.69, 9.17) is 14.3 Å². The molecule has 1 saturated heterocycles. The molecular formula is C15H15NO5. The van der Waals surface area contributed by atoms with Crippen molar-refractivity contribution in [1.82, 2.24) is 0 Å². The topological polar surface area (TPSA) is 88.8 Å². The van der Waals surface area contributed by atoms with Crippen molar-refractivity contribution in [3.8, 4) is 0 Å². The van der Waals surface area contributed by atoms with Crippen LogP contribution in [0.4, 0.5) is 5.69 Å². The van der Waals surface area contributed by atoms with Crippen molar-refractivity contribution in [2.45, 2.75) is 25.4 Å². The highest BCUT2D eigenvalue weighted by Crippen LogP contribution is 2.28. The number of benzene rings is 1. The van der Waals surface area contributed by atoms with Gasteiger partial charge in [-0.15, -0.1) is 0 Å². The third-order valence-electron chi connectivity index (χ3n) is 3.68. The normalized spacial score (nSPS) is 21.6. The molecule has 1 unspecified atom stereocenters. The van der Waals surface area contributed by atoms with E-state index in [1.54, 1.807) is 25.1 Å². The van der Waals surface area contributed by atoms with Gasteiger partial charge in [-0.25, -0.2) is 4.79 Å². The van der Waals surface area contributed by atoms with Gasteiger partial charge in [-0.1, -0.05) is 0 Å². The number of amides is 1. The van der Waals surface area contributed by atoms with E-state index in [9.17, 15) is 9.59 Å². The largest absolute Gasteiger partial charge is 0.475 e. The smallest absolute Gasteiger partial charge is 0.371 e. The molecule has 3 rings (SSSR count). The lowest BCUT2D eigenvalue weighted by Crippen LogP contribution is -2.39. The maximum absolute atomic E-state index is 12.2. The number of hydrogen-bond acceptors (Lipinski definition) is 4. The fraction of sp³-hybridized carbons (Fsp3) is 0.333. The first-order valence-electron chi connectivity index (χ1n) is 6.70. The number of rotatable bonds is 3. The van der Waals surface area contributed by atoms with Gasteiger partial charge in [0.2, 0.25) is 5.76 Å². The molecule has 6 nitrogen and oxygen atoms in total. The molecule has 110 valence electrons. The van der Waals surface area contributed by atoms with Crippen molar-refractivity contribution in [2.24, 2.45) is 0 Å². The molecule has 1 atom stereocenters. The highest BCUT2D eigenvalue weighted by Gasteiger charge is 2.37. The summed E-state index contributed by atoms with van der Waals surface area (Å²) in [6.45, 7) is 2.36. The summed E-state index contributed by atoms with van der Waals surface area (Å²) in [7, 11) is 0. The van der Waals surface area contributed by atoms with Crippen LogP contribution in [-0.2, 0) is 9.53 Å². The minimum atomic E-state index is -1.12. The van der Waals surface area contributed by atoms with Gasteiger partial charge in [-0.2, -0.15) is 0 Å². The minimum absolute atomic E-state index is 0.125. The van der Waals surface area contributed by atoms with Crippen molar-refractivity contribution in [3.05, 3.63) is 30.0 Å². The molecule has 1 amide bonds. The number of carboxylic acids is 1. The van der Waals surface area contributed by atoms with E-state index in [0.29, 0.717) is 29.7 Å². The van der Waals surface area contributed by atoms with E-state index in [1.807, 2.05) is 0 Å². The third kappa shape index (κ3) is 2.50. The quantitative estimate of drug-likeness (QED) is 0.906. The maximum atomic E-state index is 12.2. The molecule has 0 radical (unpaired) electrons. The Labute approximate surface area is 120 Å². The molecule has 2 aromatic rings. The lowest BCUT2D eigenvalue weighted by molar-refractivity contribution is -0.133. The Hall–Kier alpha value is -2.34. The second-order valence-corrected chi connectivity index (χ2v) is 5.31. The molecule has 0 bridgehead atoms.